The second-order valence-electron chi connectivity index (χ2n) is 31.0. The van der Waals surface area contributed by atoms with Gasteiger partial charge in [-0.05, 0) is 144 Å². The maximum atomic E-state index is 12.7. The van der Waals surface area contributed by atoms with Gasteiger partial charge >= 0.3 is 6.09 Å². The van der Waals surface area contributed by atoms with E-state index in [1.165, 1.54) is 18.2 Å². The van der Waals surface area contributed by atoms with Crippen molar-refractivity contribution in [2.45, 2.75) is 96.3 Å². The number of rotatable bonds is 30. The molecule has 0 bridgehead atoms. The molecule has 0 unspecified atom stereocenters. The van der Waals surface area contributed by atoms with Gasteiger partial charge in [0.15, 0.2) is 0 Å². The van der Waals surface area contributed by atoms with Crippen LogP contribution in [0.3, 0.4) is 0 Å². The number of anilines is 12. The van der Waals surface area contributed by atoms with Crippen LogP contribution in [-0.2, 0) is 23.9 Å². The molecule has 0 saturated carbocycles. The SMILES string of the molecule is C=CC(=O)Nc1cc(Nc2nccc(OC3CN(C(=O)OC(C)(C)C)C3)n2)c(OC)cc1N1CCC(N(C)C)CC1.C=CC(=O)Nc1cc(Nc2nccc(OC3CN(C(=O)c4ccc(C)cc4)C3)n2)c(OC)cc1N(C)CCN(C)C.C=CC(=O)Nc1cc(Nc2nccc(OC3CN(C(C)=O)C3)n2)c(OC)cc1N1CCC(N(C)C)CC1. The molecule has 3 aromatic heterocycles. The van der Waals surface area contributed by atoms with Crippen LogP contribution in [0.15, 0.2) is 135 Å². The molecule has 7 aromatic rings. The molecule has 5 aliphatic rings. The Balaban J connectivity index is 0.000000188. The van der Waals surface area contributed by atoms with Crippen LogP contribution in [0.5, 0.6) is 34.9 Å². The Bertz CT molecular complexity index is 4700. The number of carbonyl (C=O) groups is 6. The fourth-order valence-corrected chi connectivity index (χ4v) is 13.5. The summed E-state index contributed by atoms with van der Waals surface area (Å²) >= 11 is 0. The van der Waals surface area contributed by atoms with Crippen molar-refractivity contribution < 1.29 is 61.9 Å². The number of likely N-dealkylation sites (N-methyl/N-ethyl adjacent to an activating group) is 2. The molecule has 636 valence electrons. The van der Waals surface area contributed by atoms with Crippen LogP contribution in [0.4, 0.5) is 73.8 Å². The molecule has 119 heavy (non-hydrogen) atoms. The number of ether oxygens (including phenoxy) is 7. The van der Waals surface area contributed by atoms with Crippen LogP contribution in [-0.4, -0.2) is 280 Å². The van der Waals surface area contributed by atoms with Crippen LogP contribution in [0.25, 0.3) is 0 Å². The fourth-order valence-electron chi connectivity index (χ4n) is 13.5. The molecule has 0 atom stereocenters. The average molecular weight is 1640 g/mol. The Labute approximate surface area is 696 Å². The zero-order chi connectivity index (χ0) is 85.8. The van der Waals surface area contributed by atoms with E-state index in [9.17, 15) is 28.8 Å². The van der Waals surface area contributed by atoms with E-state index >= 15 is 0 Å². The number of nitrogens with zero attached hydrogens (tertiary/aromatic N) is 15. The lowest BCUT2D eigenvalue weighted by molar-refractivity contribution is -0.137. The topological polar surface area (TPSA) is 346 Å². The smallest absolute Gasteiger partial charge is 0.410 e. The number of piperidine rings is 2. The number of methoxy groups -OCH3 is 3. The van der Waals surface area contributed by atoms with Crippen molar-refractivity contribution in [1.82, 2.24) is 59.3 Å². The number of hydrogen-bond acceptors (Lipinski definition) is 28. The van der Waals surface area contributed by atoms with Gasteiger partial charge in [-0.1, -0.05) is 37.4 Å². The van der Waals surface area contributed by atoms with Gasteiger partial charge < -0.3 is 109 Å². The first-order valence-corrected chi connectivity index (χ1v) is 39.4. The van der Waals surface area contributed by atoms with E-state index < -0.39 is 5.60 Å². The van der Waals surface area contributed by atoms with Gasteiger partial charge in [0.1, 0.15) is 41.2 Å². The zero-order valence-corrected chi connectivity index (χ0v) is 70.8. The molecule has 5 fully saturated rings. The summed E-state index contributed by atoms with van der Waals surface area (Å²) in [6.45, 7) is 27.6. The number of amides is 6. The van der Waals surface area contributed by atoms with Crippen LogP contribution in [0.2, 0.25) is 0 Å². The molecule has 5 aliphatic heterocycles. The summed E-state index contributed by atoms with van der Waals surface area (Å²) in [6.07, 6.45) is 11.7. The average Bonchev–Trinajstić information content (AvgIpc) is 0.802. The third kappa shape index (κ3) is 24.8. The molecular formula is C85H113N21O13. The number of carbonyl (C=O) groups excluding carboxylic acids is 6. The molecule has 34 nitrogen and oxygen atoms in total. The first-order valence-electron chi connectivity index (χ1n) is 39.4. The largest absolute Gasteiger partial charge is 0.494 e. The molecule has 4 aromatic carbocycles. The fraction of sp³-hybridized carbons (Fsp3) is 0.435. The second-order valence-corrected chi connectivity index (χ2v) is 31.0. The number of aryl methyl sites for hydroxylation is 1. The second kappa shape index (κ2) is 41.0. The molecule has 6 amide bonds. The van der Waals surface area contributed by atoms with Crippen molar-refractivity contribution >= 4 is 105 Å². The zero-order valence-electron chi connectivity index (χ0n) is 70.8. The van der Waals surface area contributed by atoms with E-state index in [1.54, 1.807) is 85.8 Å². The van der Waals surface area contributed by atoms with Gasteiger partial charge in [-0.25, -0.2) is 19.7 Å². The highest BCUT2D eigenvalue weighted by Crippen LogP contribution is 2.43. The Morgan fingerprint density at radius 2 is 0.857 bits per heavy atom. The van der Waals surface area contributed by atoms with Crippen molar-refractivity contribution in [2.75, 3.05) is 196 Å². The minimum absolute atomic E-state index is 0.0165. The molecule has 0 radical (unpaired) electrons. The molecule has 0 aliphatic carbocycles. The number of hydrogen-bond donors (Lipinski definition) is 6. The van der Waals surface area contributed by atoms with Crippen molar-refractivity contribution in [3.63, 3.8) is 0 Å². The third-order valence-corrected chi connectivity index (χ3v) is 20.4. The molecule has 6 N–H and O–H groups in total. The summed E-state index contributed by atoms with van der Waals surface area (Å²) in [4.78, 5) is 118. The van der Waals surface area contributed by atoms with Crippen LogP contribution >= 0.6 is 0 Å². The predicted octanol–water partition coefficient (Wildman–Crippen LogP) is 9.94. The first kappa shape index (κ1) is 88.8. The lowest BCUT2D eigenvalue weighted by Gasteiger charge is -2.39. The van der Waals surface area contributed by atoms with E-state index in [0.717, 1.165) is 87.6 Å². The van der Waals surface area contributed by atoms with Gasteiger partial charge in [0, 0.05) is 126 Å². The van der Waals surface area contributed by atoms with E-state index in [4.69, 9.17) is 33.2 Å². The Morgan fingerprint density at radius 1 is 0.487 bits per heavy atom. The minimum atomic E-state index is -0.549. The summed E-state index contributed by atoms with van der Waals surface area (Å²) < 4.78 is 40.3. The maximum Gasteiger partial charge on any atom is 0.410 e. The van der Waals surface area contributed by atoms with Gasteiger partial charge in [-0.15, -0.1) is 0 Å². The third-order valence-electron chi connectivity index (χ3n) is 20.4. The molecular weight excluding hydrogens is 1520 g/mol. The predicted molar refractivity (Wildman–Crippen MR) is 461 cm³/mol. The van der Waals surface area contributed by atoms with E-state index in [2.05, 4.69) is 134 Å². The highest BCUT2D eigenvalue weighted by molar-refractivity contribution is 6.04. The summed E-state index contributed by atoms with van der Waals surface area (Å²) in [6, 6.07) is 24.7. The lowest BCUT2D eigenvalue weighted by atomic mass is 10.0. The monoisotopic (exact) mass is 1640 g/mol. The van der Waals surface area contributed by atoms with Gasteiger partial charge in [0.2, 0.25) is 59.1 Å². The summed E-state index contributed by atoms with van der Waals surface area (Å²) in [5.74, 6) is 2.87. The molecule has 34 heteroatoms. The molecule has 5 saturated heterocycles. The number of likely N-dealkylation sites (tertiary alicyclic amines) is 3. The summed E-state index contributed by atoms with van der Waals surface area (Å²) in [7, 11) is 19.2. The van der Waals surface area contributed by atoms with E-state index in [0.29, 0.717) is 144 Å². The summed E-state index contributed by atoms with van der Waals surface area (Å²) in [5.41, 5.74) is 7.36. The number of nitrogens with one attached hydrogen (secondary N) is 6. The number of benzene rings is 4. The van der Waals surface area contributed by atoms with Crippen molar-refractivity contribution in [2.24, 2.45) is 0 Å². The number of aromatic nitrogens is 6. The molecule has 8 heterocycles. The van der Waals surface area contributed by atoms with Gasteiger partial charge in [-0.2, -0.15) is 15.0 Å². The van der Waals surface area contributed by atoms with Crippen molar-refractivity contribution in [3.8, 4) is 34.9 Å². The Hall–Kier alpha value is -12.6. The standard InChI is InChI=1S/C30H37N7O4.C29H41N7O5.C26H35N7O4/c1-7-27(38)32-23-16-24(26(40-6)17-25(23)36(5)15-14-35(3)4)33-30-31-13-12-28(34-30)41-22-18-37(19-22)29(39)21-10-8-20(2)9-11-21;1-8-25(37)31-21-15-22(24(39-7)16-23(21)35-13-10-19(11-14-35)34(5)6)32-27-30-12-9-26(33-27)40-20-17-36(18-20)28(38)41-29(2,3)4;1-6-24(35)28-20-13-21(23(36-5)14-22(20)32-11-8-18(9-12-32)31(3)4)29-26-27-10-7-25(30-26)37-19-15-33(16-19)17(2)34/h7-13,16-17,22H,1,14-15,18-19H2,2-6H3,(H,32,38)(H,31,33,34);8-9,12,15-16,19-20H,1,10-11,13-14,17-18H2,2-7H3,(H,31,37)(H,30,32,33);6-7,10,13-14,18-19H,1,8-9,11-12,15-16H2,2-5H3,(H,28,35)(H,27,29,30). The van der Waals surface area contributed by atoms with Crippen LogP contribution in [0.1, 0.15) is 69.3 Å². The maximum absolute atomic E-state index is 12.7. The lowest BCUT2D eigenvalue weighted by Crippen LogP contribution is -2.57. The highest BCUT2D eigenvalue weighted by Gasteiger charge is 2.37. The molecule has 0 spiro atoms. The normalized spacial score (nSPS) is 15.1. The first-order chi connectivity index (χ1) is 56.9. The Morgan fingerprint density at radius 3 is 1.22 bits per heavy atom. The van der Waals surface area contributed by atoms with Crippen LogP contribution in [0, 0.1) is 6.92 Å². The minimum Gasteiger partial charge on any atom is -0.494 e. The van der Waals surface area contributed by atoms with Crippen LogP contribution < -0.4 is 75.0 Å². The van der Waals surface area contributed by atoms with Gasteiger partial charge in [0.05, 0.1) is 112 Å². The van der Waals surface area contributed by atoms with Gasteiger partial charge in [0.25, 0.3) is 5.91 Å². The Kier molecular flexibility index (Phi) is 30.6. The quantitative estimate of drug-likeness (QED) is 0.0228. The van der Waals surface area contributed by atoms with E-state index in [-0.39, 0.29) is 53.9 Å². The highest BCUT2D eigenvalue weighted by atomic mass is 16.6. The van der Waals surface area contributed by atoms with Gasteiger partial charge in [-0.3, -0.25) is 24.0 Å². The van der Waals surface area contributed by atoms with Crippen molar-refractivity contribution in [1.29, 1.82) is 0 Å². The van der Waals surface area contributed by atoms with E-state index in [1.807, 2.05) is 108 Å². The summed E-state index contributed by atoms with van der Waals surface area (Å²) in [5, 5.41) is 18.3. The molecule has 12 rings (SSSR count). The van der Waals surface area contributed by atoms with Crippen molar-refractivity contribution in [3.05, 3.63) is 147 Å².